The summed E-state index contributed by atoms with van der Waals surface area (Å²) in [5.41, 5.74) is 0. The smallest absolute Gasteiger partial charge is 0.187 e. The van der Waals surface area contributed by atoms with Gasteiger partial charge in [0.05, 0.1) is 19.8 Å². The Kier molecular flexibility index (Phi) is 9.54. The average Bonchev–Trinajstić information content (AvgIpc) is 2.83. The normalized spacial score (nSPS) is 52.5. The van der Waals surface area contributed by atoms with E-state index in [4.69, 9.17) is 23.7 Å². The van der Waals surface area contributed by atoms with Gasteiger partial charge in [0.15, 0.2) is 18.9 Å². The minimum Gasteiger partial charge on any atom is -0.394 e. The molecule has 16 nitrogen and oxygen atoms in total. The molecule has 3 rings (SSSR count). The lowest BCUT2D eigenvalue weighted by atomic mass is 9.96. The van der Waals surface area contributed by atoms with Crippen molar-refractivity contribution in [3.63, 3.8) is 0 Å². The van der Waals surface area contributed by atoms with Crippen LogP contribution in [0.4, 0.5) is 0 Å². The molecule has 15 atom stereocenters. The maximum absolute atomic E-state index is 10.6. The summed E-state index contributed by atoms with van der Waals surface area (Å²) in [5, 5.41) is 109. The molecule has 3 aliphatic heterocycles. The van der Waals surface area contributed by atoms with Crippen molar-refractivity contribution in [2.24, 2.45) is 0 Å². The van der Waals surface area contributed by atoms with E-state index in [0.29, 0.717) is 0 Å². The van der Waals surface area contributed by atoms with Crippen LogP contribution in [0.1, 0.15) is 0 Å². The van der Waals surface area contributed by atoms with Gasteiger partial charge in [-0.3, -0.25) is 0 Å². The molecule has 0 aliphatic carbocycles. The maximum atomic E-state index is 10.6. The second kappa shape index (κ2) is 11.6. The van der Waals surface area contributed by atoms with Gasteiger partial charge in [-0.1, -0.05) is 0 Å². The van der Waals surface area contributed by atoms with Gasteiger partial charge in [-0.2, -0.15) is 0 Å². The van der Waals surface area contributed by atoms with Crippen molar-refractivity contribution in [3.8, 4) is 0 Å². The summed E-state index contributed by atoms with van der Waals surface area (Å²) in [4.78, 5) is 0. The molecule has 0 radical (unpaired) electrons. The third kappa shape index (κ3) is 5.37. The van der Waals surface area contributed by atoms with E-state index < -0.39 is 112 Å². The van der Waals surface area contributed by atoms with Crippen LogP contribution in [0.25, 0.3) is 0 Å². The number of hydrogen-bond acceptors (Lipinski definition) is 16. The fraction of sp³-hybridized carbons (Fsp3) is 1.00. The number of ether oxygens (including phenoxy) is 5. The lowest BCUT2D eigenvalue weighted by Crippen LogP contribution is -2.66. The zero-order valence-corrected chi connectivity index (χ0v) is 17.7. The van der Waals surface area contributed by atoms with E-state index in [-0.39, 0.29) is 0 Å². The van der Waals surface area contributed by atoms with Crippen molar-refractivity contribution in [1.29, 1.82) is 0 Å². The summed E-state index contributed by atoms with van der Waals surface area (Å²) >= 11 is 0. The molecule has 11 N–H and O–H groups in total. The highest BCUT2D eigenvalue weighted by atomic mass is 16.8. The largest absolute Gasteiger partial charge is 0.394 e. The molecule has 0 aromatic heterocycles. The molecule has 3 saturated heterocycles. The molecule has 3 heterocycles. The molecule has 34 heavy (non-hydrogen) atoms. The Morgan fingerprint density at radius 1 is 0.441 bits per heavy atom. The molecule has 0 unspecified atom stereocenters. The van der Waals surface area contributed by atoms with Crippen molar-refractivity contribution in [2.45, 2.75) is 92.1 Å². The van der Waals surface area contributed by atoms with Gasteiger partial charge in [-0.15, -0.1) is 0 Å². The van der Waals surface area contributed by atoms with E-state index in [0.717, 1.165) is 0 Å². The molecule has 0 bridgehead atoms. The Balaban J connectivity index is 1.84. The van der Waals surface area contributed by atoms with Gasteiger partial charge in [-0.05, 0) is 0 Å². The van der Waals surface area contributed by atoms with Crippen molar-refractivity contribution >= 4 is 0 Å². The van der Waals surface area contributed by atoms with Gasteiger partial charge in [0.2, 0.25) is 0 Å². The standard InChI is InChI=1S/C18H32O16/c19-1-4-7(22)9(24)13(28)17(31-4)34-15-10(25)8(23)5(2-20)32-18(15)33-14-6(3-21)30-16(29)12(27)11(14)26/h4-29H,1-3H2/t4-,5-,6-,7+,8-,9+,10+,11-,12-,13-,14+,15-,16-,17+,18+/m1/s1. The van der Waals surface area contributed by atoms with Crippen molar-refractivity contribution in [1.82, 2.24) is 0 Å². The van der Waals surface area contributed by atoms with E-state index in [1.54, 1.807) is 0 Å². The Hall–Kier alpha value is -0.640. The van der Waals surface area contributed by atoms with Crippen molar-refractivity contribution in [2.75, 3.05) is 19.8 Å². The second-order valence-electron chi connectivity index (χ2n) is 8.33. The Labute approximate surface area is 192 Å². The summed E-state index contributed by atoms with van der Waals surface area (Å²) < 4.78 is 26.7. The lowest BCUT2D eigenvalue weighted by molar-refractivity contribution is -0.387. The number of hydrogen-bond donors (Lipinski definition) is 11. The summed E-state index contributed by atoms with van der Waals surface area (Å²) in [6, 6.07) is 0. The fourth-order valence-electron chi connectivity index (χ4n) is 4.04. The number of aliphatic hydroxyl groups is 11. The first-order valence-corrected chi connectivity index (χ1v) is 10.6. The molecule has 0 aromatic carbocycles. The van der Waals surface area contributed by atoms with E-state index >= 15 is 0 Å². The Bertz CT molecular complexity index is 637. The van der Waals surface area contributed by atoms with E-state index in [2.05, 4.69) is 0 Å². The topological polar surface area (TPSA) is 269 Å². The van der Waals surface area contributed by atoms with Crippen LogP contribution in [0.3, 0.4) is 0 Å². The third-order valence-corrected chi connectivity index (χ3v) is 6.09. The fourth-order valence-corrected chi connectivity index (χ4v) is 4.04. The van der Waals surface area contributed by atoms with Crippen molar-refractivity contribution < 1.29 is 79.9 Å². The van der Waals surface area contributed by atoms with Crippen LogP contribution in [-0.4, -0.2) is 168 Å². The predicted octanol–water partition coefficient (Wildman–Crippen LogP) is -7.57. The van der Waals surface area contributed by atoms with Gasteiger partial charge >= 0.3 is 0 Å². The highest BCUT2D eigenvalue weighted by Gasteiger charge is 2.53. The first-order chi connectivity index (χ1) is 16.0. The summed E-state index contributed by atoms with van der Waals surface area (Å²) in [7, 11) is 0. The zero-order chi connectivity index (χ0) is 25.3. The molecular weight excluding hydrogens is 472 g/mol. The van der Waals surface area contributed by atoms with Crippen LogP contribution in [0.2, 0.25) is 0 Å². The van der Waals surface area contributed by atoms with Crippen LogP contribution in [0, 0.1) is 0 Å². The van der Waals surface area contributed by atoms with Gasteiger partial charge in [0.1, 0.15) is 73.2 Å². The number of aliphatic hydroxyl groups excluding tert-OH is 11. The summed E-state index contributed by atoms with van der Waals surface area (Å²) in [6.07, 6.45) is -25.6. The minimum atomic E-state index is -1.89. The van der Waals surface area contributed by atoms with E-state index in [9.17, 15) is 56.2 Å². The molecule has 0 saturated carbocycles. The highest BCUT2D eigenvalue weighted by Crippen LogP contribution is 2.32. The Morgan fingerprint density at radius 2 is 0.912 bits per heavy atom. The highest BCUT2D eigenvalue weighted by molar-refractivity contribution is 4.96. The van der Waals surface area contributed by atoms with E-state index in [1.165, 1.54) is 0 Å². The molecule has 0 amide bonds. The molecule has 200 valence electrons. The molecule has 0 aromatic rings. The first kappa shape index (κ1) is 27.9. The molecule has 16 heteroatoms. The van der Waals surface area contributed by atoms with Crippen LogP contribution in [0.15, 0.2) is 0 Å². The van der Waals surface area contributed by atoms with Crippen LogP contribution < -0.4 is 0 Å². The SMILES string of the molecule is OC[C@H]1O[C@@H](O[C@H]2[C@H](O[C@@H]3[C@H](O)[C@@H](O)[C@H](O)O[C@@H]3CO)O[C@H](CO)[C@@H](O)[C@@H]2O)[C@H](O)[C@@H](O)[C@H]1O. The van der Waals surface area contributed by atoms with Gasteiger partial charge in [-0.25, -0.2) is 0 Å². The lowest BCUT2D eigenvalue weighted by Gasteiger charge is -2.48. The quantitative estimate of drug-likeness (QED) is 0.154. The summed E-state index contributed by atoms with van der Waals surface area (Å²) in [5.74, 6) is 0. The minimum absolute atomic E-state index is 0.770. The molecular formula is C18H32O16. The van der Waals surface area contributed by atoms with Gasteiger partial charge < -0.3 is 79.9 Å². The van der Waals surface area contributed by atoms with Crippen molar-refractivity contribution in [3.05, 3.63) is 0 Å². The Morgan fingerprint density at radius 3 is 1.47 bits per heavy atom. The second-order valence-corrected chi connectivity index (χ2v) is 8.33. The third-order valence-electron chi connectivity index (χ3n) is 6.09. The first-order valence-electron chi connectivity index (χ1n) is 10.6. The van der Waals surface area contributed by atoms with Crippen LogP contribution in [0.5, 0.6) is 0 Å². The zero-order valence-electron chi connectivity index (χ0n) is 17.7. The maximum Gasteiger partial charge on any atom is 0.187 e. The summed E-state index contributed by atoms with van der Waals surface area (Å²) in [6.45, 7) is -2.35. The average molecular weight is 504 g/mol. The molecule has 3 aliphatic rings. The van der Waals surface area contributed by atoms with Gasteiger partial charge in [0.25, 0.3) is 0 Å². The van der Waals surface area contributed by atoms with Gasteiger partial charge in [0, 0.05) is 0 Å². The monoisotopic (exact) mass is 504 g/mol. The molecule has 0 spiro atoms. The van der Waals surface area contributed by atoms with Crippen LogP contribution in [-0.2, 0) is 23.7 Å². The molecule has 3 fully saturated rings. The number of rotatable bonds is 7. The predicted molar refractivity (Wildman–Crippen MR) is 101 cm³/mol. The van der Waals surface area contributed by atoms with E-state index in [1.807, 2.05) is 0 Å². The van der Waals surface area contributed by atoms with Crippen LogP contribution >= 0.6 is 0 Å².